The van der Waals surface area contributed by atoms with E-state index in [1.54, 1.807) is 30.8 Å². The van der Waals surface area contributed by atoms with E-state index in [0.717, 1.165) is 5.52 Å². The number of aromatic nitrogens is 2. The van der Waals surface area contributed by atoms with Gasteiger partial charge >= 0.3 is 0 Å². The Labute approximate surface area is 118 Å². The Kier molecular flexibility index (Phi) is 3.60. The van der Waals surface area contributed by atoms with Gasteiger partial charge in [-0.25, -0.2) is 0 Å². The first-order chi connectivity index (χ1) is 8.78. The second kappa shape index (κ2) is 4.90. The van der Waals surface area contributed by atoms with Crippen molar-refractivity contribution in [2.45, 2.75) is 32.4 Å². The van der Waals surface area contributed by atoms with Crippen molar-refractivity contribution in [3.05, 3.63) is 32.9 Å². The Morgan fingerprint density at radius 1 is 1.53 bits per heavy atom. The van der Waals surface area contributed by atoms with E-state index in [4.69, 9.17) is 0 Å². The molecule has 6 nitrogen and oxygen atoms in total. The average molecular weight is 328 g/mol. The van der Waals surface area contributed by atoms with E-state index in [-0.39, 0.29) is 5.69 Å². The molecule has 0 unspecified atom stereocenters. The third-order valence-corrected chi connectivity index (χ3v) is 3.48. The summed E-state index contributed by atoms with van der Waals surface area (Å²) in [4.78, 5) is 10.4. The smallest absolute Gasteiger partial charge is 0.284 e. The number of benzene rings is 1. The average Bonchev–Trinajstić information content (AvgIpc) is 2.66. The number of nitro groups is 1. The molecule has 0 saturated heterocycles. The Balaban J connectivity index is 2.38. The van der Waals surface area contributed by atoms with Crippen LogP contribution in [0.2, 0.25) is 0 Å². The maximum absolute atomic E-state index is 10.8. The van der Waals surface area contributed by atoms with Crippen molar-refractivity contribution < 1.29 is 10.0 Å². The summed E-state index contributed by atoms with van der Waals surface area (Å²) in [6.45, 7) is 4.02. The molecular formula is C12H14BrN3O3. The van der Waals surface area contributed by atoms with Gasteiger partial charge in [0, 0.05) is 18.0 Å². The molecule has 0 amide bonds. The molecule has 102 valence electrons. The van der Waals surface area contributed by atoms with Gasteiger partial charge in [-0.3, -0.25) is 14.8 Å². The summed E-state index contributed by atoms with van der Waals surface area (Å²) in [5, 5.41) is 25.5. The summed E-state index contributed by atoms with van der Waals surface area (Å²) in [5.74, 6) is 0. The van der Waals surface area contributed by atoms with Crippen molar-refractivity contribution in [1.82, 2.24) is 9.78 Å². The molecule has 0 aliphatic heterocycles. The molecule has 0 bridgehead atoms. The third-order valence-electron chi connectivity index (χ3n) is 2.84. The fourth-order valence-electron chi connectivity index (χ4n) is 1.79. The van der Waals surface area contributed by atoms with Crippen molar-refractivity contribution in [3.8, 4) is 0 Å². The van der Waals surface area contributed by atoms with Crippen molar-refractivity contribution in [3.63, 3.8) is 0 Å². The first-order valence-corrected chi connectivity index (χ1v) is 6.59. The number of rotatable bonds is 4. The van der Waals surface area contributed by atoms with Crippen molar-refractivity contribution in [2.24, 2.45) is 0 Å². The predicted octanol–water partition coefficient (Wildman–Crippen LogP) is 2.87. The number of nitrogens with zero attached hydrogens (tertiary/aromatic N) is 3. The number of hydrogen-bond donors (Lipinski definition) is 1. The molecule has 0 aliphatic rings. The highest BCUT2D eigenvalue weighted by molar-refractivity contribution is 9.10. The number of hydrogen-bond acceptors (Lipinski definition) is 4. The number of halogens is 1. The second-order valence-corrected chi connectivity index (χ2v) is 5.90. The maximum Gasteiger partial charge on any atom is 0.284 e. The fourth-order valence-corrected chi connectivity index (χ4v) is 2.26. The van der Waals surface area contributed by atoms with Crippen molar-refractivity contribution in [2.75, 3.05) is 0 Å². The number of aliphatic hydroxyl groups is 1. The van der Waals surface area contributed by atoms with Gasteiger partial charge in [0.25, 0.3) is 5.69 Å². The van der Waals surface area contributed by atoms with E-state index < -0.39 is 10.5 Å². The minimum Gasteiger partial charge on any atom is -0.390 e. The molecule has 1 aromatic heterocycles. The molecule has 0 saturated carbocycles. The molecule has 1 heterocycles. The summed E-state index contributed by atoms with van der Waals surface area (Å²) in [6, 6.07) is 3.18. The molecule has 0 spiro atoms. The van der Waals surface area contributed by atoms with Crippen molar-refractivity contribution in [1.29, 1.82) is 0 Å². The summed E-state index contributed by atoms with van der Waals surface area (Å²) in [5.41, 5.74) is 0.0623. The van der Waals surface area contributed by atoms with E-state index in [9.17, 15) is 15.2 Å². The first-order valence-electron chi connectivity index (χ1n) is 5.80. The van der Waals surface area contributed by atoms with Crippen LogP contribution in [-0.4, -0.2) is 25.4 Å². The van der Waals surface area contributed by atoms with Gasteiger partial charge in [-0.05, 0) is 42.3 Å². The molecular weight excluding hydrogens is 314 g/mol. The summed E-state index contributed by atoms with van der Waals surface area (Å²) in [6.07, 6.45) is 2.15. The van der Waals surface area contributed by atoms with Crippen LogP contribution in [0.15, 0.2) is 22.8 Å². The quantitative estimate of drug-likeness (QED) is 0.691. The SMILES string of the molecule is CC(C)(O)CCn1ncc2cc([N+](=O)[O-])c(Br)cc21. The first kappa shape index (κ1) is 14.0. The highest BCUT2D eigenvalue weighted by Gasteiger charge is 2.17. The van der Waals surface area contributed by atoms with E-state index in [2.05, 4.69) is 21.0 Å². The lowest BCUT2D eigenvalue weighted by Gasteiger charge is -2.16. The van der Waals surface area contributed by atoms with Gasteiger partial charge in [0.1, 0.15) is 0 Å². The number of nitro benzene ring substituents is 1. The van der Waals surface area contributed by atoms with Crippen molar-refractivity contribution >= 4 is 32.5 Å². The van der Waals surface area contributed by atoms with Crippen LogP contribution < -0.4 is 0 Å². The zero-order valence-corrected chi connectivity index (χ0v) is 12.2. The monoisotopic (exact) mass is 327 g/mol. The lowest BCUT2D eigenvalue weighted by Crippen LogP contribution is -2.21. The van der Waals surface area contributed by atoms with Crippen LogP contribution >= 0.6 is 15.9 Å². The highest BCUT2D eigenvalue weighted by Crippen LogP contribution is 2.30. The van der Waals surface area contributed by atoms with Gasteiger partial charge in [-0.1, -0.05) is 0 Å². The van der Waals surface area contributed by atoms with Crippen LogP contribution in [0.5, 0.6) is 0 Å². The van der Waals surface area contributed by atoms with Crippen LogP contribution in [0.25, 0.3) is 10.9 Å². The molecule has 7 heteroatoms. The van der Waals surface area contributed by atoms with E-state index in [1.165, 1.54) is 6.07 Å². The molecule has 2 rings (SSSR count). The Hall–Kier alpha value is -1.47. The lowest BCUT2D eigenvalue weighted by molar-refractivity contribution is -0.385. The predicted molar refractivity (Wildman–Crippen MR) is 75.0 cm³/mol. The maximum atomic E-state index is 10.8. The van der Waals surface area contributed by atoms with Crippen LogP contribution in [0.4, 0.5) is 5.69 Å². The van der Waals surface area contributed by atoms with Gasteiger partial charge in [0.05, 0.1) is 26.7 Å². The highest BCUT2D eigenvalue weighted by atomic mass is 79.9. The molecule has 0 atom stereocenters. The number of fused-ring (bicyclic) bond motifs is 1. The molecule has 0 fully saturated rings. The van der Waals surface area contributed by atoms with Crippen LogP contribution in [0.1, 0.15) is 20.3 Å². The van der Waals surface area contributed by atoms with Crippen LogP contribution in [0.3, 0.4) is 0 Å². The minimum absolute atomic E-state index is 0.0227. The Morgan fingerprint density at radius 3 is 2.79 bits per heavy atom. The molecule has 0 radical (unpaired) electrons. The van der Waals surface area contributed by atoms with Gasteiger partial charge < -0.3 is 5.11 Å². The second-order valence-electron chi connectivity index (χ2n) is 5.05. The van der Waals surface area contributed by atoms with E-state index in [1.807, 2.05) is 0 Å². The van der Waals surface area contributed by atoms with Gasteiger partial charge in [-0.15, -0.1) is 0 Å². The summed E-state index contributed by atoms with van der Waals surface area (Å²) < 4.78 is 2.16. The molecule has 2 aromatic rings. The zero-order chi connectivity index (χ0) is 14.2. The third kappa shape index (κ3) is 3.10. The number of aryl methyl sites for hydroxylation is 1. The zero-order valence-electron chi connectivity index (χ0n) is 10.6. The normalized spacial score (nSPS) is 12.0. The fraction of sp³-hybridized carbons (Fsp3) is 0.417. The molecule has 19 heavy (non-hydrogen) atoms. The Bertz CT molecular complexity index is 631. The van der Waals surface area contributed by atoms with Gasteiger partial charge in [0.2, 0.25) is 0 Å². The van der Waals surface area contributed by atoms with Gasteiger partial charge in [-0.2, -0.15) is 5.10 Å². The Morgan fingerprint density at radius 2 is 2.21 bits per heavy atom. The largest absolute Gasteiger partial charge is 0.390 e. The molecule has 0 aliphatic carbocycles. The van der Waals surface area contributed by atoms with E-state index >= 15 is 0 Å². The summed E-state index contributed by atoms with van der Waals surface area (Å²) >= 11 is 3.20. The van der Waals surface area contributed by atoms with Crippen LogP contribution in [-0.2, 0) is 6.54 Å². The summed E-state index contributed by atoms with van der Waals surface area (Å²) in [7, 11) is 0. The van der Waals surface area contributed by atoms with Crippen LogP contribution in [0, 0.1) is 10.1 Å². The minimum atomic E-state index is -0.768. The molecule has 1 N–H and O–H groups in total. The van der Waals surface area contributed by atoms with E-state index in [0.29, 0.717) is 22.8 Å². The molecule has 1 aromatic carbocycles. The van der Waals surface area contributed by atoms with Gasteiger partial charge in [0.15, 0.2) is 0 Å². The lowest BCUT2D eigenvalue weighted by atomic mass is 10.1. The topological polar surface area (TPSA) is 81.2 Å². The standard InChI is InChI=1S/C12H14BrN3O3/c1-12(2,17)3-4-15-10-6-9(13)11(16(18)19)5-8(10)7-14-15/h5-7,17H,3-4H2,1-2H3.